The van der Waals surface area contributed by atoms with E-state index in [1.807, 2.05) is 27.7 Å². The third kappa shape index (κ3) is 2120. The second-order valence-electron chi connectivity index (χ2n) is 2.52. The SMILES string of the molecule is C=CC.C=CC.CC.CCC.CCCC.[V]. The van der Waals surface area contributed by atoms with Gasteiger partial charge in [-0.1, -0.05) is 73.0 Å². The van der Waals surface area contributed by atoms with Crippen LogP contribution in [0, 0.1) is 0 Å². The molecule has 0 N–H and O–H groups in total. The van der Waals surface area contributed by atoms with Gasteiger partial charge in [-0.15, -0.1) is 13.2 Å². The van der Waals surface area contributed by atoms with Gasteiger partial charge in [0.15, 0.2) is 0 Å². The predicted octanol–water partition coefficient (Wildman–Crippen LogP) is 6.63. The van der Waals surface area contributed by atoms with Crippen LogP contribution in [-0.2, 0) is 18.6 Å². The molecular weight excluding hydrogens is 231 g/mol. The third-order valence-corrected chi connectivity index (χ3v) is 0.500. The molecule has 0 heterocycles. The first-order chi connectivity index (χ1) is 7.16. The molecule has 0 rings (SSSR count). The van der Waals surface area contributed by atoms with Gasteiger partial charge in [-0.05, 0) is 13.8 Å². The van der Waals surface area contributed by atoms with Gasteiger partial charge in [0.25, 0.3) is 0 Å². The molecule has 0 aliphatic carbocycles. The number of rotatable bonds is 1. The Morgan fingerprint density at radius 3 is 0.812 bits per heavy atom. The van der Waals surface area contributed by atoms with Crippen LogP contribution < -0.4 is 0 Å². The summed E-state index contributed by atoms with van der Waals surface area (Å²) in [4.78, 5) is 0. The molecule has 0 bridgehead atoms. The molecule has 16 heavy (non-hydrogen) atoms. The van der Waals surface area contributed by atoms with Crippen LogP contribution in [0.2, 0.25) is 0 Å². The fraction of sp³-hybridized carbons (Fsp3) is 0.733. The molecule has 0 spiro atoms. The van der Waals surface area contributed by atoms with Gasteiger partial charge < -0.3 is 0 Å². The largest absolute Gasteiger partial charge is 0.103 e. The Kier molecular flexibility index (Phi) is 261. The van der Waals surface area contributed by atoms with Crippen molar-refractivity contribution < 1.29 is 18.6 Å². The van der Waals surface area contributed by atoms with Gasteiger partial charge in [-0.2, -0.15) is 0 Å². The fourth-order valence-corrected chi connectivity index (χ4v) is 0. The first-order valence-electron chi connectivity index (χ1n) is 6.30. The number of hydrogen-bond donors (Lipinski definition) is 0. The van der Waals surface area contributed by atoms with Crippen molar-refractivity contribution in [1.82, 2.24) is 0 Å². The van der Waals surface area contributed by atoms with Gasteiger partial charge in [0.05, 0.1) is 0 Å². The van der Waals surface area contributed by atoms with Crippen LogP contribution in [0.15, 0.2) is 25.3 Å². The van der Waals surface area contributed by atoms with Crippen molar-refractivity contribution in [2.24, 2.45) is 0 Å². The van der Waals surface area contributed by atoms with Crippen molar-refractivity contribution in [1.29, 1.82) is 0 Å². The molecule has 0 fully saturated rings. The van der Waals surface area contributed by atoms with Crippen LogP contribution in [0.3, 0.4) is 0 Å². The predicted molar refractivity (Wildman–Crippen MR) is 79.6 cm³/mol. The Morgan fingerprint density at radius 1 is 0.750 bits per heavy atom. The Morgan fingerprint density at radius 2 is 0.812 bits per heavy atom. The van der Waals surface area contributed by atoms with Crippen LogP contribution in [0.1, 0.15) is 74.7 Å². The van der Waals surface area contributed by atoms with E-state index in [1.165, 1.54) is 19.3 Å². The maximum Gasteiger partial charge on any atom is 0 e. The molecule has 0 aromatic carbocycles. The summed E-state index contributed by atoms with van der Waals surface area (Å²) < 4.78 is 0. The zero-order valence-corrected chi connectivity index (χ0v) is 14.5. The average molecular weight is 267 g/mol. The zero-order chi connectivity index (χ0) is 13.5. The Bertz CT molecular complexity index is 50.5. The molecule has 101 valence electrons. The minimum atomic E-state index is 0. The third-order valence-electron chi connectivity index (χ3n) is 0.500. The topological polar surface area (TPSA) is 0 Å². The number of allylic oxidation sites excluding steroid dienone is 2. The van der Waals surface area contributed by atoms with E-state index in [1.54, 1.807) is 12.2 Å². The minimum Gasteiger partial charge on any atom is -0.103 e. The van der Waals surface area contributed by atoms with Crippen molar-refractivity contribution in [3.63, 3.8) is 0 Å². The van der Waals surface area contributed by atoms with Gasteiger partial charge in [-0.25, -0.2) is 0 Å². The molecule has 0 aliphatic heterocycles. The van der Waals surface area contributed by atoms with Crippen LogP contribution >= 0.6 is 0 Å². The second kappa shape index (κ2) is 116. The number of unbranched alkanes of at least 4 members (excludes halogenated alkanes) is 1. The molecule has 1 heteroatoms. The van der Waals surface area contributed by atoms with Crippen molar-refractivity contribution in [3.8, 4) is 0 Å². The van der Waals surface area contributed by atoms with E-state index in [0.717, 1.165) is 0 Å². The van der Waals surface area contributed by atoms with E-state index in [9.17, 15) is 0 Å². The van der Waals surface area contributed by atoms with Gasteiger partial charge >= 0.3 is 0 Å². The molecule has 0 nitrogen and oxygen atoms in total. The fourth-order valence-electron chi connectivity index (χ4n) is 0. The van der Waals surface area contributed by atoms with Gasteiger partial charge in [-0.3, -0.25) is 0 Å². The van der Waals surface area contributed by atoms with Gasteiger partial charge in [0.1, 0.15) is 0 Å². The molecule has 1 radical (unpaired) electrons. The molecule has 0 saturated heterocycles. The van der Waals surface area contributed by atoms with E-state index in [2.05, 4.69) is 40.9 Å². The molecule has 0 unspecified atom stereocenters. The summed E-state index contributed by atoms with van der Waals surface area (Å²) in [6, 6.07) is 0. The van der Waals surface area contributed by atoms with E-state index >= 15 is 0 Å². The van der Waals surface area contributed by atoms with Crippen LogP contribution in [0.25, 0.3) is 0 Å². The zero-order valence-electron chi connectivity index (χ0n) is 13.1. The maximum atomic E-state index is 3.36. The van der Waals surface area contributed by atoms with Crippen molar-refractivity contribution in [3.05, 3.63) is 25.3 Å². The van der Waals surface area contributed by atoms with Crippen LogP contribution in [0.4, 0.5) is 0 Å². The van der Waals surface area contributed by atoms with Crippen molar-refractivity contribution >= 4 is 0 Å². The molecular formula is C15H36V. The summed E-state index contributed by atoms with van der Waals surface area (Å²) >= 11 is 0. The van der Waals surface area contributed by atoms with E-state index in [0.29, 0.717) is 0 Å². The Balaban J connectivity index is -0.0000000196. The van der Waals surface area contributed by atoms with Crippen LogP contribution in [0.5, 0.6) is 0 Å². The first kappa shape index (κ1) is 36.0. The Labute approximate surface area is 119 Å². The van der Waals surface area contributed by atoms with Gasteiger partial charge in [0.2, 0.25) is 0 Å². The molecule has 0 aromatic rings. The number of hydrogen-bond acceptors (Lipinski definition) is 0. The summed E-state index contributed by atoms with van der Waals surface area (Å²) in [5.41, 5.74) is 0. The minimum absolute atomic E-state index is 0. The average Bonchev–Trinajstić information content (AvgIpc) is 2.24. The first-order valence-corrected chi connectivity index (χ1v) is 6.30. The van der Waals surface area contributed by atoms with Gasteiger partial charge in [0, 0.05) is 18.6 Å². The Hall–Kier alpha value is 0.0644. The second-order valence-corrected chi connectivity index (χ2v) is 2.52. The standard InChI is InChI=1S/C4H10.C3H8.2C3H6.C2H6.V/c1-3-4-2;3*1-3-2;1-2;/h3-4H2,1-2H3;3H2,1-2H3;2*3H,1H2,2H3;1-2H3;. The smallest absolute Gasteiger partial charge is 0 e. The monoisotopic (exact) mass is 267 g/mol. The molecule has 0 aliphatic rings. The van der Waals surface area contributed by atoms with Crippen molar-refractivity contribution in [2.75, 3.05) is 0 Å². The maximum absolute atomic E-state index is 3.36. The normalized spacial score (nSPS) is 5.00. The van der Waals surface area contributed by atoms with Crippen LogP contribution in [-0.4, -0.2) is 0 Å². The summed E-state index contributed by atoms with van der Waals surface area (Å²) in [7, 11) is 0. The van der Waals surface area contributed by atoms with E-state index in [-0.39, 0.29) is 18.6 Å². The summed E-state index contributed by atoms with van der Waals surface area (Å²) in [5, 5.41) is 0. The molecule has 0 atom stereocenters. The van der Waals surface area contributed by atoms with Crippen molar-refractivity contribution in [2.45, 2.75) is 74.7 Å². The summed E-state index contributed by atoms with van der Waals surface area (Å²) in [6.45, 7) is 23.1. The summed E-state index contributed by atoms with van der Waals surface area (Å²) in [5.74, 6) is 0. The quantitative estimate of drug-likeness (QED) is 0.468. The molecule has 0 amide bonds. The molecule has 0 aromatic heterocycles. The van der Waals surface area contributed by atoms with E-state index < -0.39 is 0 Å². The summed E-state index contributed by atoms with van der Waals surface area (Å²) in [6.07, 6.45) is 7.39. The van der Waals surface area contributed by atoms with E-state index in [4.69, 9.17) is 0 Å². The molecule has 0 saturated carbocycles.